The summed E-state index contributed by atoms with van der Waals surface area (Å²) in [4.78, 5) is 26.5. The number of anilines is 2. The lowest BCUT2D eigenvalue weighted by Gasteiger charge is -2.12. The predicted molar refractivity (Wildman–Crippen MR) is 122 cm³/mol. The zero-order valence-corrected chi connectivity index (χ0v) is 18.9. The van der Waals surface area contributed by atoms with Crippen LogP contribution >= 0.6 is 11.3 Å². The van der Waals surface area contributed by atoms with E-state index >= 15 is 0 Å². The first-order chi connectivity index (χ1) is 15.4. The minimum Gasteiger partial charge on any atom is -0.470 e. The van der Waals surface area contributed by atoms with E-state index in [0.717, 1.165) is 18.4 Å². The Balaban J connectivity index is 1.81. The van der Waals surface area contributed by atoms with E-state index in [4.69, 9.17) is 4.74 Å². The normalized spacial score (nSPS) is 11.8. The summed E-state index contributed by atoms with van der Waals surface area (Å²) in [6.07, 6.45) is 4.09. The van der Waals surface area contributed by atoms with Gasteiger partial charge in [-0.15, -0.1) is 11.3 Å². The van der Waals surface area contributed by atoms with Crippen LogP contribution in [0.1, 0.15) is 41.9 Å². The summed E-state index contributed by atoms with van der Waals surface area (Å²) in [6, 6.07) is 3.31. The molecule has 0 spiro atoms. The third-order valence-corrected chi connectivity index (χ3v) is 6.03. The Morgan fingerprint density at radius 2 is 2.12 bits per heavy atom. The molecule has 0 aliphatic carbocycles. The third kappa shape index (κ3) is 5.76. The molecule has 0 atom stereocenters. The Morgan fingerprint density at radius 1 is 1.31 bits per heavy atom. The van der Waals surface area contributed by atoms with Gasteiger partial charge < -0.3 is 15.4 Å². The number of carbonyl (C=O) groups is 1. The third-order valence-electron chi connectivity index (χ3n) is 4.83. The van der Waals surface area contributed by atoms with Gasteiger partial charge in [-0.2, -0.15) is 0 Å². The van der Waals surface area contributed by atoms with Gasteiger partial charge in [-0.3, -0.25) is 4.79 Å². The first-order valence-corrected chi connectivity index (χ1v) is 11.0. The van der Waals surface area contributed by atoms with E-state index in [9.17, 15) is 13.6 Å². The van der Waals surface area contributed by atoms with Gasteiger partial charge in [0.15, 0.2) is 6.61 Å². The number of carbonyl (C=O) groups excluding carboxylic acids is 1. The van der Waals surface area contributed by atoms with Gasteiger partial charge >= 0.3 is 0 Å². The molecule has 3 heterocycles. The summed E-state index contributed by atoms with van der Waals surface area (Å²) < 4.78 is 30.2. The van der Waals surface area contributed by atoms with Crippen molar-refractivity contribution in [3.8, 4) is 5.88 Å². The lowest BCUT2D eigenvalue weighted by Crippen LogP contribution is -2.24. The lowest BCUT2D eigenvalue weighted by atomic mass is 10.1. The maximum Gasteiger partial charge on any atom is 0.272 e. The molecule has 0 aromatic carbocycles. The Bertz CT molecular complexity index is 1120. The molecular weight excluding hydrogens is 436 g/mol. The van der Waals surface area contributed by atoms with Gasteiger partial charge in [-0.05, 0) is 51.3 Å². The van der Waals surface area contributed by atoms with Gasteiger partial charge in [0.2, 0.25) is 5.88 Å². The van der Waals surface area contributed by atoms with Crippen LogP contribution in [0.5, 0.6) is 5.88 Å². The van der Waals surface area contributed by atoms with Crippen molar-refractivity contribution in [2.45, 2.75) is 40.0 Å². The van der Waals surface area contributed by atoms with Crippen LogP contribution in [0.3, 0.4) is 0 Å². The average Bonchev–Trinajstić information content (AvgIpc) is 3.13. The van der Waals surface area contributed by atoms with Crippen molar-refractivity contribution in [2.24, 2.45) is 0 Å². The first-order valence-electron chi connectivity index (χ1n) is 10.2. The summed E-state index contributed by atoms with van der Waals surface area (Å²) in [7, 11) is 0. The van der Waals surface area contributed by atoms with Crippen LogP contribution in [0.15, 0.2) is 36.3 Å². The molecule has 0 fully saturated rings. The maximum absolute atomic E-state index is 12.7. The summed E-state index contributed by atoms with van der Waals surface area (Å²) in [5.74, 6) is 0.333. The van der Waals surface area contributed by atoms with Gasteiger partial charge in [0, 0.05) is 12.7 Å². The number of alkyl halides is 2. The second-order valence-corrected chi connectivity index (χ2v) is 8.14. The van der Waals surface area contributed by atoms with Crippen LogP contribution in [0.25, 0.3) is 10.2 Å². The number of rotatable bonds is 10. The number of ether oxygens (including phenoxy) is 1. The fraction of sp³-hybridized carbons (Fsp3) is 0.364. The fourth-order valence-electron chi connectivity index (χ4n) is 3.05. The Morgan fingerprint density at radius 3 is 2.88 bits per heavy atom. The van der Waals surface area contributed by atoms with Crippen molar-refractivity contribution in [1.29, 1.82) is 0 Å². The van der Waals surface area contributed by atoms with E-state index in [-0.39, 0.29) is 11.8 Å². The number of halogens is 2. The van der Waals surface area contributed by atoms with E-state index in [1.54, 1.807) is 12.1 Å². The highest BCUT2D eigenvalue weighted by molar-refractivity contribution is 7.20. The van der Waals surface area contributed by atoms with Gasteiger partial charge in [0.25, 0.3) is 12.3 Å². The largest absolute Gasteiger partial charge is 0.470 e. The first kappa shape index (κ1) is 23.5. The Labute approximate surface area is 189 Å². The fourth-order valence-corrected chi connectivity index (χ4v) is 4.11. The quantitative estimate of drug-likeness (QED) is 0.316. The molecule has 0 radical (unpaired) electrons. The maximum atomic E-state index is 12.7. The number of pyridine rings is 1. The van der Waals surface area contributed by atoms with Crippen molar-refractivity contribution in [3.05, 3.63) is 46.7 Å². The summed E-state index contributed by atoms with van der Waals surface area (Å²) in [5, 5.41) is 6.74. The van der Waals surface area contributed by atoms with E-state index in [0.29, 0.717) is 33.1 Å². The summed E-state index contributed by atoms with van der Waals surface area (Å²) >= 11 is 1.28. The van der Waals surface area contributed by atoms with Crippen molar-refractivity contribution >= 4 is 39.0 Å². The smallest absolute Gasteiger partial charge is 0.272 e. The Kier molecular flexibility index (Phi) is 8.04. The molecule has 3 rings (SSSR count). The van der Waals surface area contributed by atoms with Gasteiger partial charge in [-0.1, -0.05) is 11.6 Å². The lowest BCUT2D eigenvalue weighted by molar-refractivity contribution is 0.0800. The molecule has 7 nitrogen and oxygen atoms in total. The van der Waals surface area contributed by atoms with Gasteiger partial charge in [0.1, 0.15) is 22.7 Å². The molecule has 3 aromatic heterocycles. The second kappa shape index (κ2) is 10.9. The van der Waals surface area contributed by atoms with Gasteiger partial charge in [0.05, 0.1) is 10.3 Å². The zero-order chi connectivity index (χ0) is 23.1. The number of aromatic nitrogens is 3. The number of hydrogen-bond acceptors (Lipinski definition) is 7. The van der Waals surface area contributed by atoms with Crippen LogP contribution in [0, 0.1) is 6.92 Å². The number of allylic oxidation sites excluding steroid dienone is 2. The van der Waals surface area contributed by atoms with Crippen LogP contribution < -0.4 is 15.4 Å². The number of amides is 1. The zero-order valence-electron chi connectivity index (χ0n) is 18.1. The summed E-state index contributed by atoms with van der Waals surface area (Å²) in [5.41, 5.74) is 2.42. The topological polar surface area (TPSA) is 89.0 Å². The van der Waals surface area contributed by atoms with Crippen molar-refractivity contribution in [2.75, 3.05) is 18.5 Å². The molecule has 0 saturated heterocycles. The van der Waals surface area contributed by atoms with Crippen molar-refractivity contribution in [1.82, 2.24) is 20.3 Å². The molecule has 0 bridgehead atoms. The number of hydrogen-bond donors (Lipinski definition) is 2. The van der Waals surface area contributed by atoms with E-state index in [1.165, 1.54) is 29.4 Å². The molecule has 2 N–H and O–H groups in total. The highest BCUT2D eigenvalue weighted by Gasteiger charge is 2.20. The minimum atomic E-state index is -2.61. The van der Waals surface area contributed by atoms with Crippen molar-refractivity contribution < 1.29 is 18.3 Å². The van der Waals surface area contributed by atoms with Gasteiger partial charge in [-0.25, -0.2) is 23.7 Å². The van der Waals surface area contributed by atoms with E-state index in [1.807, 2.05) is 13.8 Å². The molecule has 170 valence electrons. The number of aryl methyl sites for hydroxylation is 1. The highest BCUT2D eigenvalue weighted by atomic mass is 32.1. The highest BCUT2D eigenvalue weighted by Crippen LogP contribution is 2.35. The molecular formula is C22H25F2N5O2S. The van der Waals surface area contributed by atoms with E-state index in [2.05, 4.69) is 38.6 Å². The number of thiophene rings is 1. The number of nitrogens with zero attached hydrogens (tertiary/aromatic N) is 3. The Hall–Kier alpha value is -3.14. The molecule has 1 amide bonds. The monoisotopic (exact) mass is 461 g/mol. The molecule has 0 saturated carbocycles. The average molecular weight is 462 g/mol. The van der Waals surface area contributed by atoms with Crippen LogP contribution in [-0.2, 0) is 0 Å². The second-order valence-electron chi connectivity index (χ2n) is 7.14. The van der Waals surface area contributed by atoms with E-state index < -0.39 is 13.0 Å². The van der Waals surface area contributed by atoms with Crippen LogP contribution in [0.2, 0.25) is 0 Å². The SMILES string of the molecule is C/C=C(/C)CCCNC(=O)c1sc2ncnc(Nc3cccnc3OCC(F)F)c2c1C. The minimum absolute atomic E-state index is 0.0434. The molecule has 0 aliphatic heterocycles. The number of fused-ring (bicyclic) bond motifs is 1. The molecule has 32 heavy (non-hydrogen) atoms. The number of nitrogens with one attached hydrogen (secondary N) is 2. The summed E-state index contributed by atoms with van der Waals surface area (Å²) in [6.45, 7) is 5.72. The predicted octanol–water partition coefficient (Wildman–Crippen LogP) is 5.26. The van der Waals surface area contributed by atoms with Crippen LogP contribution in [-0.4, -0.2) is 40.4 Å². The molecule has 0 unspecified atom stereocenters. The molecule has 10 heteroatoms. The van der Waals surface area contributed by atoms with Crippen molar-refractivity contribution in [3.63, 3.8) is 0 Å². The molecule has 0 aliphatic rings. The molecule has 3 aromatic rings. The standard InChI is InChI=1S/C22H25F2N5O2S/c1-4-13(2)7-5-9-25-20(30)18-14(3)17-19(27-12-28-22(17)32-18)29-15-8-6-10-26-21(15)31-11-16(23)24/h4,6,8,10,12,16H,5,7,9,11H2,1-3H3,(H,25,30)(H,27,28,29)/b13-4-. The van der Waals surface area contributed by atoms with Crippen LogP contribution in [0.4, 0.5) is 20.3 Å².